The summed E-state index contributed by atoms with van der Waals surface area (Å²) < 4.78 is 26.6. The van der Waals surface area contributed by atoms with Gasteiger partial charge in [0.1, 0.15) is 0 Å². The van der Waals surface area contributed by atoms with Gasteiger partial charge in [-0.25, -0.2) is 13.1 Å². The first kappa shape index (κ1) is 11.7. The molecular formula is C9H12BrNO2S. The Balaban J connectivity index is 2.99. The van der Waals surface area contributed by atoms with E-state index < -0.39 is 10.0 Å². The van der Waals surface area contributed by atoms with Crippen molar-refractivity contribution in [2.75, 3.05) is 0 Å². The minimum atomic E-state index is -3.35. The molecule has 1 aromatic carbocycles. The van der Waals surface area contributed by atoms with Crippen LogP contribution < -0.4 is 4.72 Å². The topological polar surface area (TPSA) is 46.2 Å². The van der Waals surface area contributed by atoms with E-state index in [1.165, 1.54) is 0 Å². The highest BCUT2D eigenvalue weighted by atomic mass is 79.9. The van der Waals surface area contributed by atoms with Crippen LogP contribution in [-0.4, -0.2) is 14.5 Å². The van der Waals surface area contributed by atoms with Crippen LogP contribution in [0.2, 0.25) is 0 Å². The molecule has 0 heterocycles. The lowest BCUT2D eigenvalue weighted by Gasteiger charge is -2.09. The molecule has 3 nitrogen and oxygen atoms in total. The third-order valence-corrected chi connectivity index (χ3v) is 3.72. The zero-order valence-corrected chi connectivity index (χ0v) is 10.4. The molecule has 0 atom stereocenters. The van der Waals surface area contributed by atoms with Gasteiger partial charge in [-0.2, -0.15) is 0 Å². The van der Waals surface area contributed by atoms with Crippen molar-refractivity contribution in [1.29, 1.82) is 0 Å². The Morgan fingerprint density at radius 1 is 1.21 bits per heavy atom. The van der Waals surface area contributed by atoms with Gasteiger partial charge in [-0.05, 0) is 38.1 Å². The summed E-state index contributed by atoms with van der Waals surface area (Å²) in [5.41, 5.74) is 0. The van der Waals surface area contributed by atoms with E-state index in [1.54, 1.807) is 38.1 Å². The molecule has 78 valence electrons. The maximum absolute atomic E-state index is 11.6. The zero-order chi connectivity index (χ0) is 10.8. The minimum Gasteiger partial charge on any atom is -0.209 e. The van der Waals surface area contributed by atoms with Gasteiger partial charge in [0.25, 0.3) is 0 Å². The van der Waals surface area contributed by atoms with Crippen LogP contribution >= 0.6 is 15.9 Å². The maximum atomic E-state index is 11.6. The van der Waals surface area contributed by atoms with E-state index >= 15 is 0 Å². The highest BCUT2D eigenvalue weighted by Crippen LogP contribution is 2.14. The normalized spacial score (nSPS) is 12.0. The predicted octanol–water partition coefficient (Wildman–Crippen LogP) is 2.14. The number of hydrogen-bond acceptors (Lipinski definition) is 2. The van der Waals surface area contributed by atoms with E-state index in [9.17, 15) is 8.42 Å². The van der Waals surface area contributed by atoms with Gasteiger partial charge in [-0.15, -0.1) is 0 Å². The Morgan fingerprint density at radius 2 is 1.71 bits per heavy atom. The van der Waals surface area contributed by atoms with Crippen LogP contribution in [0.1, 0.15) is 13.8 Å². The van der Waals surface area contributed by atoms with Crippen molar-refractivity contribution in [2.45, 2.75) is 24.8 Å². The van der Waals surface area contributed by atoms with Crippen molar-refractivity contribution in [3.8, 4) is 0 Å². The molecule has 1 rings (SSSR count). The summed E-state index contributed by atoms with van der Waals surface area (Å²) in [4.78, 5) is 0.286. The van der Waals surface area contributed by atoms with Gasteiger partial charge in [0, 0.05) is 10.5 Å². The molecule has 0 unspecified atom stereocenters. The van der Waals surface area contributed by atoms with Crippen LogP contribution in [0.3, 0.4) is 0 Å². The number of sulfonamides is 1. The molecule has 0 saturated carbocycles. The highest BCUT2D eigenvalue weighted by molar-refractivity contribution is 9.10. The first-order valence-electron chi connectivity index (χ1n) is 4.20. The molecule has 5 heteroatoms. The van der Waals surface area contributed by atoms with Gasteiger partial charge in [-0.3, -0.25) is 0 Å². The van der Waals surface area contributed by atoms with Gasteiger partial charge >= 0.3 is 0 Å². The Bertz CT molecular complexity index is 397. The molecule has 1 aromatic rings. The summed E-state index contributed by atoms with van der Waals surface area (Å²) in [6, 6.07) is 6.44. The van der Waals surface area contributed by atoms with Gasteiger partial charge in [0.05, 0.1) is 4.90 Å². The van der Waals surface area contributed by atoms with E-state index in [2.05, 4.69) is 20.7 Å². The highest BCUT2D eigenvalue weighted by Gasteiger charge is 2.14. The molecular weight excluding hydrogens is 266 g/mol. The summed E-state index contributed by atoms with van der Waals surface area (Å²) in [5.74, 6) is 0. The molecule has 0 bridgehead atoms. The third kappa shape index (κ3) is 3.08. The van der Waals surface area contributed by atoms with Crippen LogP contribution in [0.25, 0.3) is 0 Å². The number of rotatable bonds is 3. The van der Waals surface area contributed by atoms with Crippen LogP contribution in [0, 0.1) is 0 Å². The van der Waals surface area contributed by atoms with Gasteiger partial charge < -0.3 is 0 Å². The Hall–Kier alpha value is -0.390. The summed E-state index contributed by atoms with van der Waals surface area (Å²) >= 11 is 3.25. The van der Waals surface area contributed by atoms with E-state index in [-0.39, 0.29) is 10.9 Å². The summed E-state index contributed by atoms with van der Waals surface area (Å²) in [6.07, 6.45) is 0. The lowest BCUT2D eigenvalue weighted by Crippen LogP contribution is -2.30. The smallest absolute Gasteiger partial charge is 0.209 e. The maximum Gasteiger partial charge on any atom is 0.240 e. The molecule has 0 amide bonds. The van der Waals surface area contributed by atoms with Crippen molar-refractivity contribution >= 4 is 26.0 Å². The van der Waals surface area contributed by atoms with Crippen molar-refractivity contribution in [3.05, 3.63) is 28.7 Å². The van der Waals surface area contributed by atoms with Crippen molar-refractivity contribution < 1.29 is 8.42 Å². The zero-order valence-electron chi connectivity index (χ0n) is 7.99. The second kappa shape index (κ2) is 4.42. The number of halogens is 1. The number of nitrogens with one attached hydrogen (secondary N) is 1. The first-order chi connectivity index (χ1) is 6.42. The van der Waals surface area contributed by atoms with Crippen LogP contribution in [0.15, 0.2) is 33.6 Å². The van der Waals surface area contributed by atoms with E-state index in [4.69, 9.17) is 0 Å². The average Bonchev–Trinajstić information content (AvgIpc) is 2.02. The lowest BCUT2D eigenvalue weighted by atomic mass is 10.4. The van der Waals surface area contributed by atoms with E-state index in [0.29, 0.717) is 0 Å². The fourth-order valence-electron chi connectivity index (χ4n) is 0.992. The fraction of sp³-hybridized carbons (Fsp3) is 0.333. The molecule has 0 aliphatic rings. The van der Waals surface area contributed by atoms with Crippen LogP contribution in [-0.2, 0) is 10.0 Å². The molecule has 0 aliphatic carbocycles. The number of benzene rings is 1. The third-order valence-electron chi connectivity index (χ3n) is 1.51. The molecule has 1 N–H and O–H groups in total. The summed E-state index contributed by atoms with van der Waals surface area (Å²) in [5, 5.41) is 0. The van der Waals surface area contributed by atoms with Gasteiger partial charge in [-0.1, -0.05) is 15.9 Å². The first-order valence-corrected chi connectivity index (χ1v) is 6.47. The quantitative estimate of drug-likeness (QED) is 0.920. The second-order valence-corrected chi connectivity index (χ2v) is 5.86. The molecule has 0 fully saturated rings. The van der Waals surface area contributed by atoms with Crippen molar-refractivity contribution in [2.24, 2.45) is 0 Å². The molecule has 0 spiro atoms. The van der Waals surface area contributed by atoms with E-state index in [1.807, 2.05) is 0 Å². The largest absolute Gasteiger partial charge is 0.240 e. The average molecular weight is 278 g/mol. The molecule has 0 radical (unpaired) electrons. The Kier molecular flexibility index (Phi) is 3.69. The molecule has 14 heavy (non-hydrogen) atoms. The Labute approximate surface area is 92.7 Å². The van der Waals surface area contributed by atoms with E-state index in [0.717, 1.165) is 4.47 Å². The standard InChI is InChI=1S/C9H12BrNO2S/c1-7(2)11-14(12,13)9-5-3-8(10)4-6-9/h3-7,11H,1-2H3. The Morgan fingerprint density at radius 3 is 2.14 bits per heavy atom. The molecule has 0 aromatic heterocycles. The van der Waals surface area contributed by atoms with Crippen molar-refractivity contribution in [3.63, 3.8) is 0 Å². The van der Waals surface area contributed by atoms with Crippen LogP contribution in [0.5, 0.6) is 0 Å². The lowest BCUT2D eigenvalue weighted by molar-refractivity contribution is 0.570. The monoisotopic (exact) mass is 277 g/mol. The molecule has 0 saturated heterocycles. The summed E-state index contributed by atoms with van der Waals surface area (Å²) in [6.45, 7) is 3.58. The minimum absolute atomic E-state index is 0.0938. The second-order valence-electron chi connectivity index (χ2n) is 3.23. The fourth-order valence-corrected chi connectivity index (χ4v) is 2.51. The predicted molar refractivity (Wildman–Crippen MR) is 59.6 cm³/mol. The van der Waals surface area contributed by atoms with Gasteiger partial charge in [0.2, 0.25) is 10.0 Å². The number of hydrogen-bond donors (Lipinski definition) is 1. The van der Waals surface area contributed by atoms with Gasteiger partial charge in [0.15, 0.2) is 0 Å². The SMILES string of the molecule is CC(C)NS(=O)(=O)c1ccc(Br)cc1. The summed E-state index contributed by atoms with van der Waals surface area (Å²) in [7, 11) is -3.35. The molecule has 0 aliphatic heterocycles. The van der Waals surface area contributed by atoms with Crippen LogP contribution in [0.4, 0.5) is 0 Å². The van der Waals surface area contributed by atoms with Crippen molar-refractivity contribution in [1.82, 2.24) is 4.72 Å².